The molecule has 0 aliphatic carbocycles. The van der Waals surface area contributed by atoms with Crippen molar-refractivity contribution >= 4 is 5.65 Å². The van der Waals surface area contributed by atoms with E-state index in [9.17, 15) is 9.59 Å². The molecule has 0 atom stereocenters. The lowest BCUT2D eigenvalue weighted by molar-refractivity contribution is 0.875. The molecular formula is C13H11N3O2. The smallest absolute Gasteiger partial charge is 0.274 e. The summed E-state index contributed by atoms with van der Waals surface area (Å²) >= 11 is 0. The van der Waals surface area contributed by atoms with Gasteiger partial charge in [0, 0.05) is 11.8 Å². The maximum atomic E-state index is 12.0. The molecule has 0 radical (unpaired) electrons. The minimum absolute atomic E-state index is 0.250. The van der Waals surface area contributed by atoms with Crippen molar-refractivity contribution in [1.82, 2.24) is 14.6 Å². The molecule has 0 spiro atoms. The minimum atomic E-state index is -0.278. The van der Waals surface area contributed by atoms with E-state index in [0.717, 1.165) is 11.3 Å². The zero-order chi connectivity index (χ0) is 12.7. The molecule has 0 aliphatic rings. The zero-order valence-corrected chi connectivity index (χ0v) is 9.73. The predicted molar refractivity (Wildman–Crippen MR) is 68.8 cm³/mol. The summed E-state index contributed by atoms with van der Waals surface area (Å²) in [6, 6.07) is 10.7. The Hall–Kier alpha value is -2.56. The molecule has 0 amide bonds. The van der Waals surface area contributed by atoms with Gasteiger partial charge in [-0.3, -0.25) is 14.7 Å². The second-order valence-electron chi connectivity index (χ2n) is 4.16. The molecule has 3 rings (SSSR count). The molecular weight excluding hydrogens is 230 g/mol. The van der Waals surface area contributed by atoms with Crippen molar-refractivity contribution in [3.63, 3.8) is 0 Å². The van der Waals surface area contributed by atoms with Crippen LogP contribution >= 0.6 is 0 Å². The topological polar surface area (TPSA) is 70.1 Å². The second kappa shape index (κ2) is 3.73. The van der Waals surface area contributed by atoms with Crippen molar-refractivity contribution in [2.24, 2.45) is 0 Å². The van der Waals surface area contributed by atoms with Gasteiger partial charge in [-0.2, -0.15) is 4.52 Å². The number of nitrogens with zero attached hydrogens (tertiary/aromatic N) is 1. The Labute approximate surface area is 102 Å². The van der Waals surface area contributed by atoms with Gasteiger partial charge in [0.25, 0.3) is 11.1 Å². The number of hydrogen-bond donors (Lipinski definition) is 2. The van der Waals surface area contributed by atoms with Crippen LogP contribution in [0.3, 0.4) is 0 Å². The van der Waals surface area contributed by atoms with Crippen LogP contribution < -0.4 is 11.1 Å². The standard InChI is InChI=1S/C13H11N3O2/c1-8-7-10(17)16-12(14-8)11(13(18)15-16)9-5-3-2-4-6-9/h2-7,14H,1H3,(H,15,18). The summed E-state index contributed by atoms with van der Waals surface area (Å²) in [5.41, 5.74) is 1.95. The fraction of sp³-hybridized carbons (Fsp3) is 0.0769. The molecule has 2 aromatic heterocycles. The van der Waals surface area contributed by atoms with E-state index >= 15 is 0 Å². The van der Waals surface area contributed by atoms with Gasteiger partial charge in [0.2, 0.25) is 0 Å². The Morgan fingerprint density at radius 2 is 1.83 bits per heavy atom. The maximum absolute atomic E-state index is 12.0. The second-order valence-corrected chi connectivity index (χ2v) is 4.16. The first-order valence-corrected chi connectivity index (χ1v) is 5.57. The molecule has 0 saturated carbocycles. The Morgan fingerprint density at radius 3 is 2.56 bits per heavy atom. The number of aromatic nitrogens is 3. The Kier molecular flexibility index (Phi) is 2.19. The molecule has 3 aromatic rings. The van der Waals surface area contributed by atoms with Crippen molar-refractivity contribution in [2.45, 2.75) is 6.92 Å². The molecule has 2 N–H and O–H groups in total. The molecule has 0 fully saturated rings. The van der Waals surface area contributed by atoms with Gasteiger partial charge in [-0.1, -0.05) is 30.3 Å². The van der Waals surface area contributed by atoms with E-state index in [-0.39, 0.29) is 11.1 Å². The molecule has 0 saturated heterocycles. The number of H-pyrrole nitrogens is 2. The first-order valence-electron chi connectivity index (χ1n) is 5.57. The number of nitrogens with one attached hydrogen (secondary N) is 2. The van der Waals surface area contributed by atoms with Gasteiger partial charge in [0.15, 0.2) is 0 Å². The highest BCUT2D eigenvalue weighted by Crippen LogP contribution is 2.18. The summed E-state index contributed by atoms with van der Waals surface area (Å²) in [7, 11) is 0. The molecule has 90 valence electrons. The average molecular weight is 241 g/mol. The van der Waals surface area contributed by atoms with E-state index < -0.39 is 0 Å². The van der Waals surface area contributed by atoms with Crippen LogP contribution in [0.5, 0.6) is 0 Å². The summed E-state index contributed by atoms with van der Waals surface area (Å²) in [4.78, 5) is 26.8. The highest BCUT2D eigenvalue weighted by atomic mass is 16.1. The van der Waals surface area contributed by atoms with Gasteiger partial charge in [-0.25, -0.2) is 0 Å². The van der Waals surface area contributed by atoms with Crippen molar-refractivity contribution in [3.8, 4) is 11.1 Å². The van der Waals surface area contributed by atoms with Crippen LogP contribution in [0.15, 0.2) is 46.0 Å². The van der Waals surface area contributed by atoms with Crippen LogP contribution in [-0.2, 0) is 0 Å². The fourth-order valence-corrected chi connectivity index (χ4v) is 2.06. The Balaban J connectivity index is 2.47. The van der Waals surface area contributed by atoms with E-state index in [1.165, 1.54) is 10.6 Å². The third-order valence-corrected chi connectivity index (χ3v) is 2.84. The van der Waals surface area contributed by atoms with Crippen molar-refractivity contribution in [1.29, 1.82) is 0 Å². The number of aryl methyl sites for hydroxylation is 1. The number of fused-ring (bicyclic) bond motifs is 1. The van der Waals surface area contributed by atoms with Crippen LogP contribution in [-0.4, -0.2) is 14.6 Å². The number of rotatable bonds is 1. The van der Waals surface area contributed by atoms with E-state index in [0.29, 0.717) is 11.2 Å². The van der Waals surface area contributed by atoms with Gasteiger partial charge >= 0.3 is 0 Å². The van der Waals surface area contributed by atoms with Crippen LogP contribution in [0, 0.1) is 6.92 Å². The van der Waals surface area contributed by atoms with Crippen molar-refractivity contribution < 1.29 is 0 Å². The van der Waals surface area contributed by atoms with Gasteiger partial charge in [-0.05, 0) is 12.5 Å². The highest BCUT2D eigenvalue weighted by Gasteiger charge is 2.13. The number of hydrogen-bond acceptors (Lipinski definition) is 2. The van der Waals surface area contributed by atoms with Crippen LogP contribution in [0.1, 0.15) is 5.69 Å². The number of benzene rings is 1. The molecule has 0 unspecified atom stereocenters. The largest absolute Gasteiger partial charge is 0.343 e. The van der Waals surface area contributed by atoms with E-state index in [1.807, 2.05) is 30.3 Å². The van der Waals surface area contributed by atoms with E-state index in [2.05, 4.69) is 10.1 Å². The normalized spacial score (nSPS) is 10.9. The van der Waals surface area contributed by atoms with E-state index in [1.54, 1.807) is 6.92 Å². The SMILES string of the molecule is Cc1cc(=O)n2[nH]c(=O)c(-c3ccccc3)c2[nH]1. The maximum Gasteiger partial charge on any atom is 0.274 e. The van der Waals surface area contributed by atoms with E-state index in [4.69, 9.17) is 0 Å². The number of aromatic amines is 2. The lowest BCUT2D eigenvalue weighted by Gasteiger charge is -1.99. The van der Waals surface area contributed by atoms with Gasteiger partial charge in [-0.15, -0.1) is 0 Å². The third-order valence-electron chi connectivity index (χ3n) is 2.84. The molecule has 1 aromatic carbocycles. The van der Waals surface area contributed by atoms with Crippen LogP contribution in [0.25, 0.3) is 16.8 Å². The average Bonchev–Trinajstić information content (AvgIpc) is 2.67. The molecule has 0 bridgehead atoms. The quantitative estimate of drug-likeness (QED) is 0.674. The lowest BCUT2D eigenvalue weighted by atomic mass is 10.1. The molecule has 0 aliphatic heterocycles. The molecule has 5 nitrogen and oxygen atoms in total. The van der Waals surface area contributed by atoms with Crippen molar-refractivity contribution in [2.75, 3.05) is 0 Å². The summed E-state index contributed by atoms with van der Waals surface area (Å²) in [6.07, 6.45) is 0. The summed E-state index contributed by atoms with van der Waals surface area (Å²) in [5.74, 6) is 0. The minimum Gasteiger partial charge on any atom is -0.343 e. The molecule has 2 heterocycles. The zero-order valence-electron chi connectivity index (χ0n) is 9.73. The Bertz CT molecular complexity index is 825. The summed E-state index contributed by atoms with van der Waals surface area (Å²) < 4.78 is 1.23. The third kappa shape index (κ3) is 1.48. The first-order chi connectivity index (χ1) is 8.66. The van der Waals surface area contributed by atoms with Gasteiger partial charge in [0.05, 0.1) is 5.56 Å². The van der Waals surface area contributed by atoms with Crippen LogP contribution in [0.2, 0.25) is 0 Å². The van der Waals surface area contributed by atoms with Crippen LogP contribution in [0.4, 0.5) is 0 Å². The fourth-order valence-electron chi connectivity index (χ4n) is 2.06. The van der Waals surface area contributed by atoms with Gasteiger partial charge < -0.3 is 4.98 Å². The summed E-state index contributed by atoms with van der Waals surface area (Å²) in [5, 5.41) is 2.54. The van der Waals surface area contributed by atoms with Gasteiger partial charge in [0.1, 0.15) is 5.65 Å². The predicted octanol–water partition coefficient (Wildman–Crippen LogP) is 1.29. The Morgan fingerprint density at radius 1 is 1.11 bits per heavy atom. The lowest BCUT2D eigenvalue weighted by Crippen LogP contribution is -2.15. The monoisotopic (exact) mass is 241 g/mol. The molecule has 18 heavy (non-hydrogen) atoms. The molecule has 5 heteroatoms. The van der Waals surface area contributed by atoms with Crippen molar-refractivity contribution in [3.05, 3.63) is 62.8 Å². The first kappa shape index (κ1) is 10.6. The summed E-state index contributed by atoms with van der Waals surface area (Å²) in [6.45, 7) is 1.79. The highest BCUT2D eigenvalue weighted by molar-refractivity contribution is 5.76.